The summed E-state index contributed by atoms with van der Waals surface area (Å²) < 4.78 is 17.6. The second-order valence-electron chi connectivity index (χ2n) is 9.46. The predicted octanol–water partition coefficient (Wildman–Crippen LogP) is 5.63. The average Bonchev–Trinajstić information content (AvgIpc) is 3.23. The first-order valence-electron chi connectivity index (χ1n) is 13.3. The van der Waals surface area contributed by atoms with Crippen molar-refractivity contribution >= 4 is 27.6 Å². The standard InChI is InChI=1S/C31H34N2O5/c1-5-32(6-2)17-10-18-33-27(21-14-16-24(37-7-3)25(19-21)36-4)26-28(34)23-15-13-20-11-8-9-12-22(20)29(23)38-30(26)31(33)35/h8-9,11-16,19,27H,5-7,10,17-18H2,1-4H3. The molecule has 1 aromatic heterocycles. The minimum Gasteiger partial charge on any atom is -0.493 e. The number of amides is 1. The third-order valence-electron chi connectivity index (χ3n) is 7.43. The third-order valence-corrected chi connectivity index (χ3v) is 7.43. The van der Waals surface area contributed by atoms with Crippen molar-refractivity contribution in [3.8, 4) is 11.5 Å². The van der Waals surface area contributed by atoms with Crippen LogP contribution in [0.25, 0.3) is 21.7 Å². The largest absolute Gasteiger partial charge is 0.493 e. The van der Waals surface area contributed by atoms with Gasteiger partial charge in [0, 0.05) is 11.9 Å². The molecule has 0 saturated carbocycles. The highest BCUT2D eigenvalue weighted by molar-refractivity contribution is 6.06. The fourth-order valence-electron chi connectivity index (χ4n) is 5.46. The van der Waals surface area contributed by atoms with E-state index in [1.165, 1.54) is 0 Å². The Kier molecular flexibility index (Phi) is 7.38. The number of rotatable bonds is 10. The van der Waals surface area contributed by atoms with E-state index in [-0.39, 0.29) is 17.1 Å². The highest BCUT2D eigenvalue weighted by atomic mass is 16.5. The number of fused-ring (bicyclic) bond motifs is 4. The zero-order chi connectivity index (χ0) is 26.8. The molecule has 0 saturated heterocycles. The van der Waals surface area contributed by atoms with Gasteiger partial charge in [0.05, 0.1) is 30.7 Å². The summed E-state index contributed by atoms with van der Waals surface area (Å²) in [5.41, 5.74) is 1.44. The fraction of sp³-hybridized carbons (Fsp3) is 0.355. The Bertz CT molecular complexity index is 1540. The molecular formula is C31H34N2O5. The molecule has 2 heterocycles. The van der Waals surface area contributed by atoms with Gasteiger partial charge in [-0.05, 0) is 62.1 Å². The van der Waals surface area contributed by atoms with Gasteiger partial charge < -0.3 is 23.7 Å². The lowest BCUT2D eigenvalue weighted by atomic mass is 9.97. The van der Waals surface area contributed by atoms with Crippen molar-refractivity contribution in [1.29, 1.82) is 0 Å². The Hall–Kier alpha value is -3.84. The number of hydrogen-bond donors (Lipinski definition) is 0. The molecule has 7 nitrogen and oxygen atoms in total. The summed E-state index contributed by atoms with van der Waals surface area (Å²) in [5.74, 6) is 1.04. The minimum atomic E-state index is -0.578. The predicted molar refractivity (Wildman–Crippen MR) is 149 cm³/mol. The number of carbonyl (C=O) groups excluding carboxylic acids is 1. The number of methoxy groups -OCH3 is 1. The quantitative estimate of drug-likeness (QED) is 0.256. The van der Waals surface area contributed by atoms with E-state index < -0.39 is 6.04 Å². The molecule has 1 aliphatic heterocycles. The summed E-state index contributed by atoms with van der Waals surface area (Å²) in [4.78, 5) is 32.0. The van der Waals surface area contributed by atoms with Crippen LogP contribution >= 0.6 is 0 Å². The Morgan fingerprint density at radius 2 is 1.74 bits per heavy atom. The van der Waals surface area contributed by atoms with Crippen LogP contribution in [-0.2, 0) is 0 Å². The molecule has 0 fully saturated rings. The van der Waals surface area contributed by atoms with Crippen LogP contribution in [-0.4, -0.2) is 55.6 Å². The number of benzene rings is 3. The Balaban J connectivity index is 1.66. The van der Waals surface area contributed by atoms with Crippen LogP contribution in [0.15, 0.2) is 63.8 Å². The molecule has 3 aromatic carbocycles. The molecular weight excluding hydrogens is 480 g/mol. The molecule has 0 spiro atoms. The van der Waals surface area contributed by atoms with Crippen LogP contribution in [0.5, 0.6) is 11.5 Å². The molecule has 198 valence electrons. The van der Waals surface area contributed by atoms with Crippen molar-refractivity contribution in [2.45, 2.75) is 33.2 Å². The lowest BCUT2D eigenvalue weighted by Crippen LogP contribution is -2.33. The van der Waals surface area contributed by atoms with E-state index in [2.05, 4.69) is 18.7 Å². The van der Waals surface area contributed by atoms with Gasteiger partial charge in [0.2, 0.25) is 5.76 Å². The Morgan fingerprint density at radius 3 is 2.47 bits per heavy atom. The smallest absolute Gasteiger partial charge is 0.290 e. The van der Waals surface area contributed by atoms with Gasteiger partial charge in [-0.1, -0.05) is 50.2 Å². The summed E-state index contributed by atoms with van der Waals surface area (Å²) in [5, 5.41) is 2.25. The lowest BCUT2D eigenvalue weighted by molar-refractivity contribution is 0.0720. The van der Waals surface area contributed by atoms with Gasteiger partial charge in [0.1, 0.15) is 5.58 Å². The van der Waals surface area contributed by atoms with Crippen molar-refractivity contribution in [3.05, 3.63) is 81.7 Å². The third kappa shape index (κ3) is 4.41. The first kappa shape index (κ1) is 25.8. The molecule has 0 bridgehead atoms. The first-order chi connectivity index (χ1) is 18.5. The van der Waals surface area contributed by atoms with E-state index >= 15 is 0 Å². The number of carbonyl (C=O) groups is 1. The lowest BCUT2D eigenvalue weighted by Gasteiger charge is -2.27. The van der Waals surface area contributed by atoms with E-state index in [9.17, 15) is 9.59 Å². The molecule has 7 heteroatoms. The molecule has 0 N–H and O–H groups in total. The van der Waals surface area contributed by atoms with Gasteiger partial charge in [-0.2, -0.15) is 0 Å². The van der Waals surface area contributed by atoms with Crippen molar-refractivity contribution in [1.82, 2.24) is 9.80 Å². The Morgan fingerprint density at radius 1 is 0.947 bits per heavy atom. The summed E-state index contributed by atoms with van der Waals surface area (Å²) in [6, 6.07) is 16.5. The number of ether oxygens (including phenoxy) is 2. The average molecular weight is 515 g/mol. The maximum absolute atomic E-state index is 14.0. The van der Waals surface area contributed by atoms with Crippen LogP contribution in [0, 0.1) is 0 Å². The van der Waals surface area contributed by atoms with Gasteiger partial charge in [-0.3, -0.25) is 9.59 Å². The molecule has 1 unspecified atom stereocenters. The Labute approximate surface area is 222 Å². The highest BCUT2D eigenvalue weighted by Crippen LogP contribution is 2.41. The van der Waals surface area contributed by atoms with Crippen LogP contribution < -0.4 is 14.9 Å². The van der Waals surface area contributed by atoms with Gasteiger partial charge in [0.15, 0.2) is 16.9 Å². The van der Waals surface area contributed by atoms with Crippen LogP contribution in [0.4, 0.5) is 0 Å². The van der Waals surface area contributed by atoms with Crippen molar-refractivity contribution in [2.75, 3.05) is 39.9 Å². The second kappa shape index (κ2) is 10.9. The second-order valence-corrected chi connectivity index (χ2v) is 9.46. The van der Waals surface area contributed by atoms with Crippen LogP contribution in [0.2, 0.25) is 0 Å². The van der Waals surface area contributed by atoms with Gasteiger partial charge in [-0.25, -0.2) is 0 Å². The molecule has 5 rings (SSSR count). The summed E-state index contributed by atoms with van der Waals surface area (Å²) in [6.07, 6.45) is 0.780. The van der Waals surface area contributed by atoms with E-state index in [4.69, 9.17) is 13.9 Å². The van der Waals surface area contributed by atoms with Crippen LogP contribution in [0.1, 0.15) is 54.9 Å². The normalized spacial score (nSPS) is 15.0. The minimum absolute atomic E-state index is 0.125. The maximum atomic E-state index is 14.0. The fourth-order valence-corrected chi connectivity index (χ4v) is 5.46. The molecule has 0 radical (unpaired) electrons. The summed E-state index contributed by atoms with van der Waals surface area (Å²) in [6.45, 7) is 9.93. The molecule has 38 heavy (non-hydrogen) atoms. The molecule has 1 atom stereocenters. The highest BCUT2D eigenvalue weighted by Gasteiger charge is 2.43. The van der Waals surface area contributed by atoms with Crippen molar-refractivity contribution < 1.29 is 18.7 Å². The zero-order valence-corrected chi connectivity index (χ0v) is 22.5. The zero-order valence-electron chi connectivity index (χ0n) is 22.5. The molecule has 4 aromatic rings. The molecule has 0 aliphatic carbocycles. The van der Waals surface area contributed by atoms with Gasteiger partial charge in [0.25, 0.3) is 5.91 Å². The topological polar surface area (TPSA) is 72.2 Å². The van der Waals surface area contributed by atoms with E-state index in [1.54, 1.807) is 18.1 Å². The molecule has 1 aliphatic rings. The SMILES string of the molecule is CCOc1ccc(C2c3c(oc4c(ccc5ccccc54)c3=O)C(=O)N2CCCN(CC)CC)cc1OC. The number of hydrogen-bond acceptors (Lipinski definition) is 6. The van der Waals surface area contributed by atoms with E-state index in [0.717, 1.165) is 42.4 Å². The van der Waals surface area contributed by atoms with Crippen molar-refractivity contribution in [3.63, 3.8) is 0 Å². The monoisotopic (exact) mass is 514 g/mol. The summed E-state index contributed by atoms with van der Waals surface area (Å²) >= 11 is 0. The van der Waals surface area contributed by atoms with E-state index in [0.29, 0.717) is 41.2 Å². The first-order valence-corrected chi connectivity index (χ1v) is 13.3. The van der Waals surface area contributed by atoms with Crippen molar-refractivity contribution in [2.24, 2.45) is 0 Å². The van der Waals surface area contributed by atoms with Gasteiger partial charge in [-0.15, -0.1) is 0 Å². The summed E-state index contributed by atoms with van der Waals surface area (Å²) in [7, 11) is 1.59. The maximum Gasteiger partial charge on any atom is 0.290 e. The van der Waals surface area contributed by atoms with Gasteiger partial charge >= 0.3 is 0 Å². The van der Waals surface area contributed by atoms with E-state index in [1.807, 2.05) is 55.5 Å². The number of nitrogens with zero attached hydrogens (tertiary/aromatic N) is 2. The van der Waals surface area contributed by atoms with Crippen LogP contribution in [0.3, 0.4) is 0 Å². The molecule has 1 amide bonds.